The summed E-state index contributed by atoms with van der Waals surface area (Å²) in [6.45, 7) is 4.29. The van der Waals surface area contributed by atoms with Crippen molar-refractivity contribution in [3.8, 4) is 0 Å². The lowest BCUT2D eigenvalue weighted by Gasteiger charge is -2.23. The molecular formula is C12H19N3OS. The predicted octanol–water partition coefficient (Wildman–Crippen LogP) is 1.01. The van der Waals surface area contributed by atoms with Crippen LogP contribution in [-0.4, -0.2) is 35.6 Å². The third-order valence-corrected chi connectivity index (χ3v) is 4.39. The molecule has 0 amide bonds. The van der Waals surface area contributed by atoms with E-state index in [-0.39, 0.29) is 4.87 Å². The van der Waals surface area contributed by atoms with Crippen LogP contribution in [0, 0.1) is 5.92 Å². The van der Waals surface area contributed by atoms with E-state index in [0.29, 0.717) is 6.04 Å². The first-order valence-electron chi connectivity index (χ1n) is 6.44. The Bertz CT molecular complexity index is 423. The van der Waals surface area contributed by atoms with E-state index < -0.39 is 0 Å². The van der Waals surface area contributed by atoms with Gasteiger partial charge in [-0.1, -0.05) is 11.3 Å². The maximum Gasteiger partial charge on any atom is 0.304 e. The molecule has 1 saturated carbocycles. The molecule has 0 radical (unpaired) electrons. The molecule has 0 aromatic carbocycles. The third kappa shape index (κ3) is 2.97. The van der Waals surface area contributed by atoms with E-state index in [1.165, 1.54) is 30.6 Å². The Kier molecular flexibility index (Phi) is 3.31. The SMILES string of the molecule is O=c1[nH]c(CN2CCCNC(C3CC3)C2)cs1. The molecule has 17 heavy (non-hydrogen) atoms. The number of nitrogens with one attached hydrogen (secondary N) is 2. The van der Waals surface area contributed by atoms with E-state index in [9.17, 15) is 4.79 Å². The minimum atomic E-state index is 0.0617. The number of aromatic nitrogens is 1. The smallest absolute Gasteiger partial charge is 0.304 e. The maximum absolute atomic E-state index is 11.1. The molecule has 2 N–H and O–H groups in total. The first-order valence-corrected chi connectivity index (χ1v) is 7.31. The summed E-state index contributed by atoms with van der Waals surface area (Å²) in [5, 5.41) is 5.60. The van der Waals surface area contributed by atoms with Crippen LogP contribution < -0.4 is 10.2 Å². The molecular weight excluding hydrogens is 234 g/mol. The van der Waals surface area contributed by atoms with Gasteiger partial charge in [-0.15, -0.1) is 0 Å². The van der Waals surface area contributed by atoms with Crippen molar-refractivity contribution < 1.29 is 0 Å². The zero-order valence-electron chi connectivity index (χ0n) is 9.95. The molecule has 1 atom stereocenters. The van der Waals surface area contributed by atoms with Crippen molar-refractivity contribution >= 4 is 11.3 Å². The minimum absolute atomic E-state index is 0.0617. The van der Waals surface area contributed by atoms with Gasteiger partial charge in [0.15, 0.2) is 0 Å². The number of aromatic amines is 1. The first-order chi connectivity index (χ1) is 8.31. The fourth-order valence-electron chi connectivity index (χ4n) is 2.61. The van der Waals surface area contributed by atoms with Crippen molar-refractivity contribution in [3.63, 3.8) is 0 Å². The summed E-state index contributed by atoms with van der Waals surface area (Å²) in [4.78, 5) is 16.6. The monoisotopic (exact) mass is 253 g/mol. The lowest BCUT2D eigenvalue weighted by molar-refractivity contribution is 0.248. The van der Waals surface area contributed by atoms with Gasteiger partial charge in [-0.05, 0) is 38.3 Å². The van der Waals surface area contributed by atoms with Gasteiger partial charge in [0.05, 0.1) is 0 Å². The number of hydrogen-bond acceptors (Lipinski definition) is 4. The van der Waals surface area contributed by atoms with Crippen molar-refractivity contribution in [2.45, 2.75) is 31.8 Å². The normalized spacial score (nSPS) is 26.9. The topological polar surface area (TPSA) is 48.1 Å². The molecule has 1 aliphatic heterocycles. The van der Waals surface area contributed by atoms with E-state index in [4.69, 9.17) is 0 Å². The van der Waals surface area contributed by atoms with Crippen molar-refractivity contribution in [1.29, 1.82) is 0 Å². The van der Waals surface area contributed by atoms with Crippen LogP contribution in [0.4, 0.5) is 0 Å². The Morgan fingerprint density at radius 1 is 1.47 bits per heavy atom. The molecule has 1 aromatic heterocycles. The fraction of sp³-hybridized carbons (Fsp3) is 0.750. The molecule has 0 bridgehead atoms. The summed E-state index contributed by atoms with van der Waals surface area (Å²) in [6, 6.07) is 0.669. The molecule has 1 aliphatic carbocycles. The van der Waals surface area contributed by atoms with E-state index in [2.05, 4.69) is 15.2 Å². The quantitative estimate of drug-likeness (QED) is 0.845. The van der Waals surface area contributed by atoms with E-state index in [0.717, 1.165) is 37.8 Å². The van der Waals surface area contributed by atoms with Gasteiger partial charge < -0.3 is 10.3 Å². The Morgan fingerprint density at radius 2 is 2.35 bits per heavy atom. The van der Waals surface area contributed by atoms with Crippen LogP contribution in [0.1, 0.15) is 25.0 Å². The molecule has 94 valence electrons. The minimum Gasteiger partial charge on any atom is -0.315 e. The summed E-state index contributed by atoms with van der Waals surface area (Å²) < 4.78 is 0. The highest BCUT2D eigenvalue weighted by molar-refractivity contribution is 7.07. The highest BCUT2D eigenvalue weighted by Gasteiger charge is 2.33. The summed E-state index contributed by atoms with van der Waals surface area (Å²) in [5.74, 6) is 0.900. The van der Waals surface area contributed by atoms with Gasteiger partial charge in [0.2, 0.25) is 0 Å². The summed E-state index contributed by atoms with van der Waals surface area (Å²) in [6.07, 6.45) is 3.99. The van der Waals surface area contributed by atoms with Crippen molar-refractivity contribution in [3.05, 3.63) is 20.7 Å². The van der Waals surface area contributed by atoms with Gasteiger partial charge in [0, 0.05) is 30.2 Å². The van der Waals surface area contributed by atoms with Crippen molar-refractivity contribution in [2.75, 3.05) is 19.6 Å². The average Bonchev–Trinajstić information content (AvgIpc) is 3.07. The van der Waals surface area contributed by atoms with Gasteiger partial charge in [0.25, 0.3) is 0 Å². The Balaban J connectivity index is 1.62. The average molecular weight is 253 g/mol. The van der Waals surface area contributed by atoms with Gasteiger partial charge >= 0.3 is 4.87 Å². The molecule has 2 aliphatic rings. The summed E-state index contributed by atoms with van der Waals surface area (Å²) in [7, 11) is 0. The van der Waals surface area contributed by atoms with Crippen LogP contribution in [0.3, 0.4) is 0 Å². The van der Waals surface area contributed by atoms with E-state index in [1.807, 2.05) is 5.38 Å². The highest BCUT2D eigenvalue weighted by Crippen LogP contribution is 2.33. The fourth-order valence-corrected chi connectivity index (χ4v) is 3.19. The molecule has 5 heteroatoms. The van der Waals surface area contributed by atoms with Crippen molar-refractivity contribution in [2.24, 2.45) is 5.92 Å². The van der Waals surface area contributed by atoms with Crippen LogP contribution in [0.5, 0.6) is 0 Å². The largest absolute Gasteiger partial charge is 0.315 e. The summed E-state index contributed by atoms with van der Waals surface area (Å²) >= 11 is 1.26. The molecule has 1 saturated heterocycles. The maximum atomic E-state index is 11.1. The number of hydrogen-bond donors (Lipinski definition) is 2. The first kappa shape index (κ1) is 11.4. The van der Waals surface area contributed by atoms with Gasteiger partial charge in [-0.2, -0.15) is 0 Å². The summed E-state index contributed by atoms with van der Waals surface area (Å²) in [5.41, 5.74) is 1.07. The predicted molar refractivity (Wildman–Crippen MR) is 69.3 cm³/mol. The lowest BCUT2D eigenvalue weighted by atomic mass is 10.2. The third-order valence-electron chi connectivity index (χ3n) is 3.67. The van der Waals surface area contributed by atoms with Crippen LogP contribution in [-0.2, 0) is 6.54 Å². The Labute approximate surface area is 105 Å². The second kappa shape index (κ2) is 4.92. The number of nitrogens with zero attached hydrogens (tertiary/aromatic N) is 1. The van der Waals surface area contributed by atoms with E-state index >= 15 is 0 Å². The number of H-pyrrole nitrogens is 1. The molecule has 3 rings (SSSR count). The number of thiazole rings is 1. The van der Waals surface area contributed by atoms with Crippen LogP contribution >= 0.6 is 11.3 Å². The van der Waals surface area contributed by atoms with Crippen LogP contribution in [0.15, 0.2) is 10.2 Å². The van der Waals surface area contributed by atoms with Gasteiger partial charge in [0.1, 0.15) is 0 Å². The second-order valence-electron chi connectivity index (χ2n) is 5.16. The van der Waals surface area contributed by atoms with E-state index in [1.54, 1.807) is 0 Å². The molecule has 2 fully saturated rings. The second-order valence-corrected chi connectivity index (χ2v) is 6.00. The molecule has 1 aromatic rings. The van der Waals surface area contributed by atoms with Gasteiger partial charge in [-0.3, -0.25) is 9.69 Å². The molecule has 4 nitrogen and oxygen atoms in total. The lowest BCUT2D eigenvalue weighted by Crippen LogP contribution is -2.39. The van der Waals surface area contributed by atoms with Crippen LogP contribution in [0.2, 0.25) is 0 Å². The molecule has 0 spiro atoms. The highest BCUT2D eigenvalue weighted by atomic mass is 32.1. The molecule has 1 unspecified atom stereocenters. The van der Waals surface area contributed by atoms with Crippen molar-refractivity contribution in [1.82, 2.24) is 15.2 Å². The molecule has 2 heterocycles. The zero-order valence-corrected chi connectivity index (χ0v) is 10.8. The Hall–Kier alpha value is -0.650. The standard InChI is InChI=1S/C12H19N3OS/c16-12-14-10(8-17-12)6-15-5-1-4-13-11(7-15)9-2-3-9/h8-9,11,13H,1-7H2,(H,14,16). The van der Waals surface area contributed by atoms with Gasteiger partial charge in [-0.25, -0.2) is 0 Å². The van der Waals surface area contributed by atoms with Crippen LogP contribution in [0.25, 0.3) is 0 Å². The number of rotatable bonds is 3. The zero-order chi connectivity index (χ0) is 11.7. The Morgan fingerprint density at radius 3 is 3.06 bits per heavy atom.